The largest absolute Gasteiger partial charge is 0.481 e. The number of benzene rings is 1. The average Bonchev–Trinajstić information content (AvgIpc) is 2.72. The summed E-state index contributed by atoms with van der Waals surface area (Å²) in [4.78, 5) is 15.1. The number of anilines is 1. The Morgan fingerprint density at radius 1 is 1.29 bits per heavy atom. The van der Waals surface area contributed by atoms with Gasteiger partial charge in [-0.2, -0.15) is 13.1 Å². The van der Waals surface area contributed by atoms with Crippen LogP contribution in [0.1, 0.15) is 42.9 Å². The van der Waals surface area contributed by atoms with Gasteiger partial charge in [-0.05, 0) is 35.6 Å². The summed E-state index contributed by atoms with van der Waals surface area (Å²) in [5, 5.41) is 12.0. The number of alkyl halides is 2. The molecule has 1 saturated heterocycles. The Balaban J connectivity index is 1.91. The Morgan fingerprint density at radius 2 is 1.97 bits per heavy atom. The van der Waals surface area contributed by atoms with E-state index in [4.69, 9.17) is 5.11 Å². The number of pyridine rings is 1. The lowest BCUT2D eigenvalue weighted by Gasteiger charge is -2.50. The molecule has 0 atom stereocenters. The number of aryl methyl sites for hydroxylation is 1. The Labute approximate surface area is 198 Å². The van der Waals surface area contributed by atoms with Crippen molar-refractivity contribution in [3.63, 3.8) is 0 Å². The molecule has 0 spiro atoms. The summed E-state index contributed by atoms with van der Waals surface area (Å²) in [6.45, 7) is 3.24. The number of halogens is 2. The number of rotatable bonds is 11. The number of carbonyl (C=O) groups is 1. The SMILES string of the molecule is Cc1cnc(NCC2(c3ccccc3C(C)C)CN(S(=O)(=O)CCC(=O)O)C2)c(OC(F)F)c1. The highest BCUT2D eigenvalue weighted by Crippen LogP contribution is 2.41. The number of aromatic nitrogens is 1. The summed E-state index contributed by atoms with van der Waals surface area (Å²) in [5.41, 5.74) is 1.99. The van der Waals surface area contributed by atoms with Crippen molar-refractivity contribution in [3.05, 3.63) is 53.2 Å². The van der Waals surface area contributed by atoms with Crippen molar-refractivity contribution in [1.82, 2.24) is 9.29 Å². The first-order chi connectivity index (χ1) is 15.9. The van der Waals surface area contributed by atoms with E-state index >= 15 is 0 Å². The van der Waals surface area contributed by atoms with Crippen LogP contribution < -0.4 is 10.1 Å². The van der Waals surface area contributed by atoms with Crippen LogP contribution in [-0.4, -0.2) is 60.8 Å². The van der Waals surface area contributed by atoms with Crippen molar-refractivity contribution >= 4 is 21.8 Å². The van der Waals surface area contributed by atoms with E-state index in [-0.39, 0.29) is 37.1 Å². The maximum atomic E-state index is 12.9. The fourth-order valence-electron chi connectivity index (χ4n) is 4.15. The summed E-state index contributed by atoms with van der Waals surface area (Å²) < 4.78 is 57.0. The minimum Gasteiger partial charge on any atom is -0.481 e. The molecule has 1 aromatic heterocycles. The molecule has 11 heteroatoms. The highest BCUT2D eigenvalue weighted by Gasteiger charge is 2.50. The molecule has 1 fully saturated rings. The van der Waals surface area contributed by atoms with Crippen LogP contribution in [0.3, 0.4) is 0 Å². The Bertz CT molecular complexity index is 1140. The van der Waals surface area contributed by atoms with Crippen LogP contribution in [0.5, 0.6) is 5.75 Å². The minimum absolute atomic E-state index is 0.0902. The molecule has 1 aromatic carbocycles. The van der Waals surface area contributed by atoms with Crippen molar-refractivity contribution in [2.24, 2.45) is 0 Å². The first-order valence-corrected chi connectivity index (χ1v) is 12.5. The predicted molar refractivity (Wildman–Crippen MR) is 124 cm³/mol. The van der Waals surface area contributed by atoms with Crippen molar-refractivity contribution in [2.45, 2.75) is 45.1 Å². The van der Waals surface area contributed by atoms with Gasteiger partial charge in [-0.15, -0.1) is 0 Å². The van der Waals surface area contributed by atoms with Crippen LogP contribution in [0.25, 0.3) is 0 Å². The number of carboxylic acid groups (broad SMARTS) is 1. The second-order valence-electron chi connectivity index (χ2n) is 8.84. The maximum absolute atomic E-state index is 12.9. The first kappa shape index (κ1) is 25.8. The molecule has 0 saturated carbocycles. The topological polar surface area (TPSA) is 109 Å². The van der Waals surface area contributed by atoms with Gasteiger partial charge in [-0.25, -0.2) is 13.4 Å². The van der Waals surface area contributed by atoms with E-state index in [0.717, 1.165) is 11.1 Å². The third-order valence-corrected chi connectivity index (χ3v) is 7.64. The molecule has 3 rings (SSSR count). The Hall–Kier alpha value is -2.79. The average molecular weight is 498 g/mol. The van der Waals surface area contributed by atoms with Gasteiger partial charge in [0.2, 0.25) is 10.0 Å². The van der Waals surface area contributed by atoms with Crippen LogP contribution in [0.4, 0.5) is 14.6 Å². The van der Waals surface area contributed by atoms with Gasteiger partial charge in [0.05, 0.1) is 12.2 Å². The number of ether oxygens (including phenoxy) is 1. The van der Waals surface area contributed by atoms with Crippen LogP contribution in [0.2, 0.25) is 0 Å². The summed E-state index contributed by atoms with van der Waals surface area (Å²) in [6.07, 6.45) is 1.05. The fraction of sp³-hybridized carbons (Fsp3) is 0.478. The van der Waals surface area contributed by atoms with E-state index in [0.29, 0.717) is 5.56 Å². The molecule has 2 N–H and O–H groups in total. The smallest absolute Gasteiger partial charge is 0.387 e. The highest BCUT2D eigenvalue weighted by molar-refractivity contribution is 7.89. The van der Waals surface area contributed by atoms with Gasteiger partial charge < -0.3 is 15.2 Å². The predicted octanol–water partition coefficient (Wildman–Crippen LogP) is 3.58. The van der Waals surface area contributed by atoms with Crippen molar-refractivity contribution in [1.29, 1.82) is 0 Å². The summed E-state index contributed by atoms with van der Waals surface area (Å²) in [7, 11) is -3.76. The zero-order valence-corrected chi connectivity index (χ0v) is 20.1. The zero-order valence-electron chi connectivity index (χ0n) is 19.3. The van der Waals surface area contributed by atoms with Gasteiger partial charge >= 0.3 is 12.6 Å². The summed E-state index contributed by atoms with van der Waals surface area (Å²) in [5.74, 6) is -1.45. The number of hydrogen-bond acceptors (Lipinski definition) is 6. The van der Waals surface area contributed by atoms with Crippen LogP contribution in [0, 0.1) is 6.92 Å². The van der Waals surface area contributed by atoms with E-state index < -0.39 is 40.2 Å². The Kier molecular flexibility index (Phi) is 7.77. The second-order valence-corrected chi connectivity index (χ2v) is 10.9. The van der Waals surface area contributed by atoms with Crippen LogP contribution in [0.15, 0.2) is 36.5 Å². The Morgan fingerprint density at radius 3 is 2.59 bits per heavy atom. The van der Waals surface area contributed by atoms with Gasteiger partial charge in [0.1, 0.15) is 0 Å². The number of aliphatic carboxylic acids is 1. The minimum atomic E-state index is -3.76. The molecule has 1 aliphatic rings. The molecule has 0 aliphatic carbocycles. The quantitative estimate of drug-likeness (QED) is 0.488. The first-order valence-electron chi connectivity index (χ1n) is 10.9. The normalized spacial score (nSPS) is 15.9. The fourth-order valence-corrected chi connectivity index (χ4v) is 5.72. The molecule has 0 amide bonds. The number of nitrogens with zero attached hydrogens (tertiary/aromatic N) is 2. The molecule has 186 valence electrons. The number of sulfonamides is 1. The van der Waals surface area contributed by atoms with Crippen LogP contribution in [-0.2, 0) is 20.2 Å². The third kappa shape index (κ3) is 5.82. The van der Waals surface area contributed by atoms with E-state index in [1.807, 2.05) is 38.1 Å². The highest BCUT2D eigenvalue weighted by atomic mass is 32.2. The van der Waals surface area contributed by atoms with Gasteiger partial charge in [-0.3, -0.25) is 4.79 Å². The second kappa shape index (κ2) is 10.2. The number of carboxylic acids is 1. The monoisotopic (exact) mass is 497 g/mol. The molecular formula is C23H29F2N3O5S. The molecule has 0 bridgehead atoms. The van der Waals surface area contributed by atoms with E-state index in [2.05, 4.69) is 15.0 Å². The van der Waals surface area contributed by atoms with Crippen molar-refractivity contribution in [2.75, 3.05) is 30.7 Å². The number of hydrogen-bond donors (Lipinski definition) is 2. The molecular weight excluding hydrogens is 468 g/mol. The summed E-state index contributed by atoms with van der Waals surface area (Å²) in [6, 6.07) is 9.17. The number of nitrogens with one attached hydrogen (secondary N) is 1. The molecule has 0 unspecified atom stereocenters. The molecule has 34 heavy (non-hydrogen) atoms. The molecule has 2 aromatic rings. The standard InChI is InChI=1S/C23H29F2N3O5S/c1-15(2)17-6-4-5-7-18(17)23(13-28(14-23)34(31,32)9-8-20(29)30)12-27-21-19(33-22(24)25)10-16(3)11-26-21/h4-7,10-11,15,22H,8-9,12-14H2,1-3H3,(H,26,27)(H,29,30). The van der Waals surface area contributed by atoms with Gasteiger partial charge in [0, 0.05) is 31.2 Å². The lowest BCUT2D eigenvalue weighted by Crippen LogP contribution is -2.64. The molecule has 2 heterocycles. The summed E-state index contributed by atoms with van der Waals surface area (Å²) >= 11 is 0. The lowest BCUT2D eigenvalue weighted by molar-refractivity contribution is -0.136. The lowest BCUT2D eigenvalue weighted by atomic mass is 9.71. The zero-order chi connectivity index (χ0) is 25.1. The van der Waals surface area contributed by atoms with E-state index in [9.17, 15) is 22.0 Å². The van der Waals surface area contributed by atoms with E-state index in [1.54, 1.807) is 6.92 Å². The van der Waals surface area contributed by atoms with Gasteiger partial charge in [0.15, 0.2) is 11.6 Å². The van der Waals surface area contributed by atoms with E-state index in [1.165, 1.54) is 16.6 Å². The molecule has 8 nitrogen and oxygen atoms in total. The van der Waals surface area contributed by atoms with Crippen molar-refractivity contribution < 1.29 is 31.8 Å². The van der Waals surface area contributed by atoms with Gasteiger partial charge in [-0.1, -0.05) is 38.1 Å². The maximum Gasteiger partial charge on any atom is 0.387 e. The third-order valence-electron chi connectivity index (χ3n) is 5.88. The van der Waals surface area contributed by atoms with Crippen LogP contribution >= 0.6 is 0 Å². The van der Waals surface area contributed by atoms with Crippen molar-refractivity contribution in [3.8, 4) is 5.75 Å². The molecule has 1 aliphatic heterocycles. The van der Waals surface area contributed by atoms with Gasteiger partial charge in [0.25, 0.3) is 0 Å². The molecule has 0 radical (unpaired) electrons.